The highest BCUT2D eigenvalue weighted by Gasteiger charge is 2.48. The molecular formula is C8H15NO3S. The lowest BCUT2D eigenvalue weighted by Gasteiger charge is -2.51. The summed E-state index contributed by atoms with van der Waals surface area (Å²) in [5.74, 6) is 0. The molecule has 4 nitrogen and oxygen atoms in total. The van der Waals surface area contributed by atoms with Gasteiger partial charge in [-0.05, 0) is 19.3 Å². The van der Waals surface area contributed by atoms with Gasteiger partial charge < -0.3 is 4.74 Å². The molecule has 0 aromatic heterocycles. The summed E-state index contributed by atoms with van der Waals surface area (Å²) in [7, 11) is -3.04. The predicted molar refractivity (Wildman–Crippen MR) is 49.0 cm³/mol. The molecule has 0 aromatic rings. The van der Waals surface area contributed by atoms with E-state index < -0.39 is 10.0 Å². The van der Waals surface area contributed by atoms with Gasteiger partial charge in [0.2, 0.25) is 10.0 Å². The van der Waals surface area contributed by atoms with Gasteiger partial charge in [0.05, 0.1) is 25.0 Å². The highest BCUT2D eigenvalue weighted by atomic mass is 32.2. The van der Waals surface area contributed by atoms with Crippen molar-refractivity contribution in [3.05, 3.63) is 0 Å². The van der Waals surface area contributed by atoms with Crippen LogP contribution in [0.3, 0.4) is 0 Å². The normalized spacial score (nSPS) is 28.7. The number of ether oxygens (including phenoxy) is 1. The Bertz CT molecular complexity index is 295. The Labute approximate surface area is 78.9 Å². The van der Waals surface area contributed by atoms with E-state index in [0.717, 1.165) is 19.3 Å². The number of hydrogen-bond acceptors (Lipinski definition) is 3. The molecule has 0 bridgehead atoms. The highest BCUT2D eigenvalue weighted by Crippen LogP contribution is 2.40. The van der Waals surface area contributed by atoms with Crippen LogP contribution < -0.4 is 0 Å². The SMILES string of the molecule is CS(=O)(=O)N1CCOCC12CCC2. The Morgan fingerprint density at radius 3 is 2.46 bits per heavy atom. The molecule has 0 aromatic carbocycles. The third-order valence-corrected chi connectivity index (χ3v) is 4.39. The zero-order valence-corrected chi connectivity index (χ0v) is 8.64. The van der Waals surface area contributed by atoms with Crippen LogP contribution in [-0.4, -0.2) is 44.3 Å². The molecule has 1 saturated carbocycles. The molecule has 0 radical (unpaired) electrons. The Hall–Kier alpha value is -0.130. The van der Waals surface area contributed by atoms with Crippen molar-refractivity contribution in [3.8, 4) is 0 Å². The van der Waals surface area contributed by atoms with Gasteiger partial charge in [0, 0.05) is 6.54 Å². The first-order chi connectivity index (χ1) is 6.05. The lowest BCUT2D eigenvalue weighted by atomic mass is 9.77. The summed E-state index contributed by atoms with van der Waals surface area (Å²) in [6.45, 7) is 1.65. The van der Waals surface area contributed by atoms with Gasteiger partial charge in [0.15, 0.2) is 0 Å². The molecule has 0 amide bonds. The van der Waals surface area contributed by atoms with Crippen molar-refractivity contribution in [1.82, 2.24) is 4.31 Å². The fraction of sp³-hybridized carbons (Fsp3) is 1.00. The highest BCUT2D eigenvalue weighted by molar-refractivity contribution is 7.88. The summed E-state index contributed by atoms with van der Waals surface area (Å²) in [5, 5.41) is 0. The van der Waals surface area contributed by atoms with Crippen LogP contribution in [0.2, 0.25) is 0 Å². The summed E-state index contributed by atoms with van der Waals surface area (Å²) in [6, 6.07) is 0. The van der Waals surface area contributed by atoms with E-state index in [2.05, 4.69) is 0 Å². The van der Waals surface area contributed by atoms with Crippen molar-refractivity contribution in [2.45, 2.75) is 24.8 Å². The van der Waals surface area contributed by atoms with Gasteiger partial charge in [-0.2, -0.15) is 4.31 Å². The molecule has 5 heteroatoms. The van der Waals surface area contributed by atoms with E-state index in [0.29, 0.717) is 19.8 Å². The standard InChI is InChI=1S/C8H15NO3S/c1-13(10,11)9-5-6-12-7-8(9)3-2-4-8/h2-7H2,1H3. The Morgan fingerprint density at radius 2 is 2.08 bits per heavy atom. The Balaban J connectivity index is 2.24. The van der Waals surface area contributed by atoms with Gasteiger partial charge in [0.1, 0.15) is 0 Å². The van der Waals surface area contributed by atoms with Gasteiger partial charge >= 0.3 is 0 Å². The zero-order chi connectivity index (χ0) is 9.53. The molecule has 1 heterocycles. The second-order valence-corrected chi connectivity index (χ2v) is 5.87. The van der Waals surface area contributed by atoms with E-state index in [9.17, 15) is 8.42 Å². The van der Waals surface area contributed by atoms with Gasteiger partial charge in [-0.15, -0.1) is 0 Å². The summed E-state index contributed by atoms with van der Waals surface area (Å²) in [5.41, 5.74) is -0.175. The zero-order valence-electron chi connectivity index (χ0n) is 7.82. The molecule has 0 atom stereocenters. The van der Waals surface area contributed by atoms with Crippen LogP contribution in [0.25, 0.3) is 0 Å². The Morgan fingerprint density at radius 1 is 1.38 bits per heavy atom. The number of hydrogen-bond donors (Lipinski definition) is 0. The van der Waals surface area contributed by atoms with Gasteiger partial charge in [-0.3, -0.25) is 0 Å². The first-order valence-electron chi connectivity index (χ1n) is 4.60. The molecular weight excluding hydrogens is 190 g/mol. The molecule has 1 aliphatic heterocycles. The summed E-state index contributed by atoms with van der Waals surface area (Å²) in [4.78, 5) is 0. The van der Waals surface area contributed by atoms with Gasteiger partial charge in [0.25, 0.3) is 0 Å². The summed E-state index contributed by atoms with van der Waals surface area (Å²) in [6.07, 6.45) is 4.33. The van der Waals surface area contributed by atoms with E-state index in [1.54, 1.807) is 4.31 Å². The van der Waals surface area contributed by atoms with E-state index >= 15 is 0 Å². The van der Waals surface area contributed by atoms with Crippen molar-refractivity contribution >= 4 is 10.0 Å². The van der Waals surface area contributed by atoms with Crippen molar-refractivity contribution in [2.75, 3.05) is 26.0 Å². The van der Waals surface area contributed by atoms with Crippen molar-refractivity contribution < 1.29 is 13.2 Å². The van der Waals surface area contributed by atoms with E-state index in [-0.39, 0.29) is 5.54 Å². The van der Waals surface area contributed by atoms with Crippen LogP contribution in [0.5, 0.6) is 0 Å². The smallest absolute Gasteiger partial charge is 0.211 e. The molecule has 0 unspecified atom stereocenters. The number of sulfonamides is 1. The molecule has 2 fully saturated rings. The third kappa shape index (κ3) is 1.49. The maximum absolute atomic E-state index is 11.5. The second-order valence-electron chi connectivity index (χ2n) is 3.97. The van der Waals surface area contributed by atoms with Crippen LogP contribution in [0, 0.1) is 0 Å². The maximum Gasteiger partial charge on any atom is 0.211 e. The second kappa shape index (κ2) is 2.93. The largest absolute Gasteiger partial charge is 0.378 e. The van der Waals surface area contributed by atoms with Gasteiger partial charge in [-0.25, -0.2) is 8.42 Å². The predicted octanol–water partition coefficient (Wildman–Crippen LogP) is 0.201. The monoisotopic (exact) mass is 205 g/mol. The fourth-order valence-electron chi connectivity index (χ4n) is 2.21. The molecule has 1 aliphatic carbocycles. The Kier molecular flexibility index (Phi) is 2.13. The van der Waals surface area contributed by atoms with Gasteiger partial charge in [-0.1, -0.05) is 0 Å². The average Bonchev–Trinajstić information content (AvgIpc) is 2.00. The summed E-state index contributed by atoms with van der Waals surface area (Å²) < 4.78 is 29.9. The van der Waals surface area contributed by atoms with Crippen LogP contribution in [0.1, 0.15) is 19.3 Å². The molecule has 0 N–H and O–H groups in total. The molecule has 2 rings (SSSR count). The summed E-state index contributed by atoms with van der Waals surface area (Å²) >= 11 is 0. The molecule has 13 heavy (non-hydrogen) atoms. The van der Waals surface area contributed by atoms with Crippen molar-refractivity contribution in [1.29, 1.82) is 0 Å². The topological polar surface area (TPSA) is 46.6 Å². The van der Waals surface area contributed by atoms with Crippen LogP contribution in [0.4, 0.5) is 0 Å². The van der Waals surface area contributed by atoms with E-state index in [4.69, 9.17) is 4.74 Å². The third-order valence-electron chi connectivity index (χ3n) is 3.02. The number of nitrogens with zero attached hydrogens (tertiary/aromatic N) is 1. The fourth-order valence-corrected chi connectivity index (χ4v) is 3.56. The minimum absolute atomic E-state index is 0.175. The minimum Gasteiger partial charge on any atom is -0.378 e. The van der Waals surface area contributed by atoms with E-state index in [1.165, 1.54) is 6.26 Å². The molecule has 1 spiro atoms. The molecule has 76 valence electrons. The first kappa shape index (κ1) is 9.43. The van der Waals surface area contributed by atoms with Crippen molar-refractivity contribution in [2.24, 2.45) is 0 Å². The number of rotatable bonds is 1. The molecule has 2 aliphatic rings. The van der Waals surface area contributed by atoms with Crippen LogP contribution >= 0.6 is 0 Å². The van der Waals surface area contributed by atoms with Crippen LogP contribution in [-0.2, 0) is 14.8 Å². The minimum atomic E-state index is -3.04. The average molecular weight is 205 g/mol. The van der Waals surface area contributed by atoms with Crippen LogP contribution in [0.15, 0.2) is 0 Å². The lowest BCUT2D eigenvalue weighted by molar-refractivity contribution is -0.0646. The maximum atomic E-state index is 11.5. The van der Waals surface area contributed by atoms with Crippen molar-refractivity contribution in [3.63, 3.8) is 0 Å². The first-order valence-corrected chi connectivity index (χ1v) is 6.45. The lowest BCUT2D eigenvalue weighted by Crippen LogP contribution is -2.62. The number of morpholine rings is 1. The molecule has 1 saturated heterocycles. The van der Waals surface area contributed by atoms with E-state index in [1.807, 2.05) is 0 Å². The quantitative estimate of drug-likeness (QED) is 0.614.